The average Bonchev–Trinajstić information content (AvgIpc) is 3.02. The lowest BCUT2D eigenvalue weighted by Crippen LogP contribution is -1.97. The SMILES string of the molecule is O=C1OC(c2ccccc2Cl)=C/C1=C\c1ccsc1. The molecule has 0 fully saturated rings. The number of cyclic esters (lactones) is 1. The smallest absolute Gasteiger partial charge is 0.343 e. The monoisotopic (exact) mass is 288 g/mol. The standard InChI is InChI=1S/C15H9ClO2S/c16-13-4-2-1-3-12(13)14-8-11(15(17)18-14)7-10-5-6-19-9-10/h1-9H/b11-7+. The van der Waals surface area contributed by atoms with Gasteiger partial charge in [-0.1, -0.05) is 23.7 Å². The molecule has 0 N–H and O–H groups in total. The fourth-order valence-electron chi connectivity index (χ4n) is 1.82. The summed E-state index contributed by atoms with van der Waals surface area (Å²) in [5.41, 5.74) is 2.26. The Kier molecular flexibility index (Phi) is 3.23. The zero-order chi connectivity index (χ0) is 13.2. The second-order valence-electron chi connectivity index (χ2n) is 4.03. The zero-order valence-corrected chi connectivity index (χ0v) is 11.4. The molecular formula is C15H9ClO2S. The Bertz CT molecular complexity index is 684. The summed E-state index contributed by atoms with van der Waals surface area (Å²) in [6, 6.07) is 9.25. The van der Waals surface area contributed by atoms with E-state index in [9.17, 15) is 4.79 Å². The Morgan fingerprint density at radius 1 is 1.21 bits per heavy atom. The molecule has 94 valence electrons. The molecule has 0 saturated heterocycles. The van der Waals surface area contributed by atoms with Gasteiger partial charge in [0, 0.05) is 5.56 Å². The maximum Gasteiger partial charge on any atom is 0.343 e. The van der Waals surface area contributed by atoms with E-state index in [1.54, 1.807) is 23.5 Å². The molecule has 2 nitrogen and oxygen atoms in total. The van der Waals surface area contributed by atoms with Crippen molar-refractivity contribution in [3.63, 3.8) is 0 Å². The van der Waals surface area contributed by atoms with E-state index in [-0.39, 0.29) is 5.97 Å². The van der Waals surface area contributed by atoms with Crippen molar-refractivity contribution in [2.75, 3.05) is 0 Å². The number of esters is 1. The molecule has 0 saturated carbocycles. The van der Waals surface area contributed by atoms with Gasteiger partial charge in [0.2, 0.25) is 0 Å². The van der Waals surface area contributed by atoms with Gasteiger partial charge < -0.3 is 4.74 Å². The van der Waals surface area contributed by atoms with Crippen LogP contribution in [0.15, 0.2) is 52.7 Å². The Balaban J connectivity index is 1.98. The number of hydrogen-bond donors (Lipinski definition) is 0. The molecule has 0 atom stereocenters. The molecule has 1 aliphatic heterocycles. The summed E-state index contributed by atoms with van der Waals surface area (Å²) in [5.74, 6) is 0.151. The molecule has 3 rings (SSSR count). The fraction of sp³-hybridized carbons (Fsp3) is 0. The third kappa shape index (κ3) is 2.48. The van der Waals surface area contributed by atoms with E-state index in [2.05, 4.69) is 0 Å². The van der Waals surface area contributed by atoms with Crippen LogP contribution in [0.5, 0.6) is 0 Å². The molecule has 0 amide bonds. The number of ether oxygens (including phenoxy) is 1. The first-order valence-electron chi connectivity index (χ1n) is 5.67. The van der Waals surface area contributed by atoms with E-state index in [1.165, 1.54) is 0 Å². The number of hydrogen-bond acceptors (Lipinski definition) is 3. The van der Waals surface area contributed by atoms with E-state index in [1.807, 2.05) is 41.1 Å². The van der Waals surface area contributed by atoms with E-state index < -0.39 is 0 Å². The summed E-state index contributed by atoms with van der Waals surface area (Å²) < 4.78 is 5.26. The Hall–Kier alpha value is -1.84. The van der Waals surface area contributed by atoms with Crippen molar-refractivity contribution in [1.82, 2.24) is 0 Å². The lowest BCUT2D eigenvalue weighted by atomic mass is 10.1. The van der Waals surface area contributed by atoms with Crippen LogP contribution in [0.4, 0.5) is 0 Å². The van der Waals surface area contributed by atoms with E-state index in [0.29, 0.717) is 16.4 Å². The van der Waals surface area contributed by atoms with Crippen molar-refractivity contribution in [3.05, 3.63) is 68.9 Å². The van der Waals surface area contributed by atoms with Crippen LogP contribution in [-0.2, 0) is 9.53 Å². The van der Waals surface area contributed by atoms with E-state index in [4.69, 9.17) is 16.3 Å². The van der Waals surface area contributed by atoms with Gasteiger partial charge in [0.05, 0.1) is 10.6 Å². The van der Waals surface area contributed by atoms with Crippen molar-refractivity contribution >= 4 is 40.7 Å². The predicted octanol–water partition coefficient (Wildman–Crippen LogP) is 4.38. The highest BCUT2D eigenvalue weighted by Crippen LogP contribution is 2.31. The summed E-state index contributed by atoms with van der Waals surface area (Å²) in [7, 11) is 0. The molecule has 2 aromatic rings. The van der Waals surface area contributed by atoms with Gasteiger partial charge in [0.1, 0.15) is 5.76 Å². The minimum Gasteiger partial charge on any atom is -0.422 e. The minimum absolute atomic E-state index is 0.346. The third-order valence-corrected chi connectivity index (χ3v) is 3.76. The summed E-state index contributed by atoms with van der Waals surface area (Å²) in [4.78, 5) is 11.8. The zero-order valence-electron chi connectivity index (χ0n) is 9.80. The number of halogens is 1. The molecule has 4 heteroatoms. The van der Waals surface area contributed by atoms with Gasteiger partial charge in [0.25, 0.3) is 0 Å². The number of thiophene rings is 1. The van der Waals surface area contributed by atoms with Crippen molar-refractivity contribution in [1.29, 1.82) is 0 Å². The van der Waals surface area contributed by atoms with E-state index >= 15 is 0 Å². The first-order valence-corrected chi connectivity index (χ1v) is 6.99. The molecule has 2 heterocycles. The fourth-order valence-corrected chi connectivity index (χ4v) is 2.67. The second-order valence-corrected chi connectivity index (χ2v) is 5.22. The number of carbonyl (C=O) groups is 1. The number of benzene rings is 1. The topological polar surface area (TPSA) is 26.3 Å². The lowest BCUT2D eigenvalue weighted by Gasteiger charge is -2.03. The van der Waals surface area contributed by atoms with Gasteiger partial charge in [0.15, 0.2) is 0 Å². The summed E-state index contributed by atoms with van der Waals surface area (Å²) >= 11 is 7.68. The highest BCUT2D eigenvalue weighted by molar-refractivity contribution is 7.08. The van der Waals surface area contributed by atoms with Gasteiger partial charge in [-0.15, -0.1) is 0 Å². The van der Waals surface area contributed by atoms with Crippen LogP contribution in [0.25, 0.3) is 11.8 Å². The number of carbonyl (C=O) groups excluding carboxylic acids is 1. The van der Waals surface area contributed by atoms with Crippen molar-refractivity contribution in [2.24, 2.45) is 0 Å². The molecule has 0 bridgehead atoms. The molecule has 1 aliphatic rings. The molecule has 19 heavy (non-hydrogen) atoms. The Morgan fingerprint density at radius 3 is 2.79 bits per heavy atom. The van der Waals surface area contributed by atoms with Gasteiger partial charge in [-0.25, -0.2) is 4.79 Å². The number of rotatable bonds is 2. The highest BCUT2D eigenvalue weighted by atomic mass is 35.5. The minimum atomic E-state index is -0.346. The van der Waals surface area contributed by atoms with Crippen LogP contribution in [0.1, 0.15) is 11.1 Å². The summed E-state index contributed by atoms with van der Waals surface area (Å²) in [6.45, 7) is 0. The predicted molar refractivity (Wildman–Crippen MR) is 77.8 cm³/mol. The van der Waals surface area contributed by atoms with Gasteiger partial charge >= 0.3 is 5.97 Å². The molecule has 1 aromatic carbocycles. The average molecular weight is 289 g/mol. The van der Waals surface area contributed by atoms with Crippen molar-refractivity contribution in [2.45, 2.75) is 0 Å². The van der Waals surface area contributed by atoms with E-state index in [0.717, 1.165) is 11.1 Å². The largest absolute Gasteiger partial charge is 0.422 e. The van der Waals surface area contributed by atoms with Crippen molar-refractivity contribution < 1.29 is 9.53 Å². The summed E-state index contributed by atoms with van der Waals surface area (Å²) in [6.07, 6.45) is 3.53. The van der Waals surface area contributed by atoms with Crippen LogP contribution in [0, 0.1) is 0 Å². The third-order valence-electron chi connectivity index (χ3n) is 2.73. The first kappa shape index (κ1) is 12.2. The van der Waals surface area contributed by atoms with Crippen LogP contribution < -0.4 is 0 Å². The molecule has 1 aromatic heterocycles. The van der Waals surface area contributed by atoms with Crippen LogP contribution in [0.3, 0.4) is 0 Å². The Labute approximate surface area is 119 Å². The van der Waals surface area contributed by atoms with Crippen LogP contribution >= 0.6 is 22.9 Å². The summed E-state index contributed by atoms with van der Waals surface area (Å²) in [5, 5.41) is 4.51. The van der Waals surface area contributed by atoms with Gasteiger partial charge in [-0.2, -0.15) is 11.3 Å². The normalized spacial score (nSPS) is 16.6. The maximum atomic E-state index is 11.8. The molecular weight excluding hydrogens is 280 g/mol. The lowest BCUT2D eigenvalue weighted by molar-refractivity contribution is -0.130. The molecule has 0 spiro atoms. The first-order chi connectivity index (χ1) is 9.24. The highest BCUT2D eigenvalue weighted by Gasteiger charge is 2.23. The second kappa shape index (κ2) is 5.03. The van der Waals surface area contributed by atoms with Crippen molar-refractivity contribution in [3.8, 4) is 0 Å². The quantitative estimate of drug-likeness (QED) is 0.605. The molecule has 0 aliphatic carbocycles. The van der Waals surface area contributed by atoms with Crippen LogP contribution in [0.2, 0.25) is 5.02 Å². The Morgan fingerprint density at radius 2 is 2.05 bits per heavy atom. The maximum absolute atomic E-state index is 11.8. The molecule has 0 unspecified atom stereocenters. The van der Waals surface area contributed by atoms with Crippen LogP contribution in [-0.4, -0.2) is 5.97 Å². The molecule has 0 radical (unpaired) electrons. The van der Waals surface area contributed by atoms with Gasteiger partial charge in [-0.3, -0.25) is 0 Å². The van der Waals surface area contributed by atoms with Gasteiger partial charge in [-0.05, 0) is 46.7 Å².